The molecule has 3 aromatic heterocycles. The van der Waals surface area contributed by atoms with Crippen molar-refractivity contribution < 1.29 is 13.9 Å². The van der Waals surface area contributed by atoms with Crippen molar-refractivity contribution in [3.8, 4) is 11.5 Å². The van der Waals surface area contributed by atoms with E-state index in [0.717, 1.165) is 28.5 Å². The largest absolute Gasteiger partial charge is 0.453 e. The lowest BCUT2D eigenvalue weighted by molar-refractivity contribution is -0.138. The van der Waals surface area contributed by atoms with Gasteiger partial charge >= 0.3 is 0 Å². The number of benzene rings is 1. The quantitative estimate of drug-likeness (QED) is 0.437. The average Bonchev–Trinajstić information content (AvgIpc) is 3.24. The van der Waals surface area contributed by atoms with E-state index in [9.17, 15) is 9.18 Å². The van der Waals surface area contributed by atoms with Gasteiger partial charge in [0.1, 0.15) is 11.4 Å². The summed E-state index contributed by atoms with van der Waals surface area (Å²) in [7, 11) is 0. The summed E-state index contributed by atoms with van der Waals surface area (Å²) in [5.41, 5.74) is 3.58. The van der Waals surface area contributed by atoms with Crippen LogP contribution in [0.25, 0.3) is 11.0 Å². The van der Waals surface area contributed by atoms with Crippen molar-refractivity contribution in [2.45, 2.75) is 19.8 Å². The molecule has 174 valence electrons. The molecule has 5 rings (SSSR count). The van der Waals surface area contributed by atoms with E-state index < -0.39 is 5.82 Å². The number of pyridine rings is 2. The highest BCUT2D eigenvalue weighted by Crippen LogP contribution is 2.32. The fraction of sp³-hybridized carbons (Fsp3) is 0.269. The van der Waals surface area contributed by atoms with Gasteiger partial charge in [0.05, 0.1) is 18.0 Å². The number of nitrogens with zero attached hydrogens (tertiary/aromatic N) is 3. The third-order valence-corrected chi connectivity index (χ3v) is 6.20. The number of rotatable bonds is 7. The maximum Gasteiger partial charge on any atom is 0.228 e. The molecule has 1 fully saturated rings. The third kappa shape index (κ3) is 4.63. The van der Waals surface area contributed by atoms with Crippen molar-refractivity contribution in [1.82, 2.24) is 25.2 Å². The molecule has 1 unspecified atom stereocenters. The van der Waals surface area contributed by atoms with E-state index in [4.69, 9.17) is 4.74 Å². The van der Waals surface area contributed by atoms with Crippen LogP contribution in [0.3, 0.4) is 0 Å². The number of aromatic nitrogens is 3. The summed E-state index contributed by atoms with van der Waals surface area (Å²) < 4.78 is 20.8. The van der Waals surface area contributed by atoms with Gasteiger partial charge in [0, 0.05) is 37.9 Å². The van der Waals surface area contributed by atoms with Crippen LogP contribution in [0.4, 0.5) is 4.39 Å². The van der Waals surface area contributed by atoms with Crippen LogP contribution in [0, 0.1) is 18.7 Å². The minimum Gasteiger partial charge on any atom is -0.453 e. The fourth-order valence-corrected chi connectivity index (χ4v) is 4.38. The molecule has 8 heteroatoms. The van der Waals surface area contributed by atoms with Crippen molar-refractivity contribution in [2.75, 3.05) is 19.8 Å². The number of carbonyl (C=O) groups is 1. The first-order chi connectivity index (χ1) is 16.6. The van der Waals surface area contributed by atoms with Gasteiger partial charge in [-0.3, -0.25) is 15.1 Å². The second-order valence-corrected chi connectivity index (χ2v) is 8.59. The number of amides is 1. The molecule has 1 aliphatic rings. The minimum atomic E-state index is -0.457. The topological polar surface area (TPSA) is 83.1 Å². The summed E-state index contributed by atoms with van der Waals surface area (Å²) in [5.74, 6) is 0.0903. The summed E-state index contributed by atoms with van der Waals surface area (Å²) >= 11 is 0. The summed E-state index contributed by atoms with van der Waals surface area (Å²) in [6, 6.07) is 10.6. The van der Waals surface area contributed by atoms with Crippen molar-refractivity contribution >= 4 is 16.9 Å². The molecular weight excluding hydrogens is 433 g/mol. The first kappa shape index (κ1) is 22.0. The molecule has 0 bridgehead atoms. The summed E-state index contributed by atoms with van der Waals surface area (Å²) in [6.45, 7) is 3.68. The second kappa shape index (κ2) is 9.61. The van der Waals surface area contributed by atoms with E-state index in [0.29, 0.717) is 37.6 Å². The zero-order chi connectivity index (χ0) is 23.5. The molecule has 0 aliphatic carbocycles. The molecule has 1 atom stereocenters. The van der Waals surface area contributed by atoms with Crippen LogP contribution in [-0.2, 0) is 17.6 Å². The van der Waals surface area contributed by atoms with Crippen molar-refractivity contribution in [3.63, 3.8) is 0 Å². The fourth-order valence-electron chi connectivity index (χ4n) is 4.38. The lowest BCUT2D eigenvalue weighted by Crippen LogP contribution is -2.52. The Hall–Kier alpha value is -3.78. The first-order valence-corrected chi connectivity index (χ1v) is 11.4. The molecule has 34 heavy (non-hydrogen) atoms. The van der Waals surface area contributed by atoms with Gasteiger partial charge in [-0.05, 0) is 66.8 Å². The maximum atomic E-state index is 14.9. The number of halogens is 1. The second-order valence-electron chi connectivity index (χ2n) is 8.59. The number of aryl methyl sites for hydroxylation is 1. The van der Waals surface area contributed by atoms with Crippen molar-refractivity contribution in [3.05, 3.63) is 83.7 Å². The lowest BCUT2D eigenvalue weighted by Gasteiger charge is -2.33. The van der Waals surface area contributed by atoms with Crippen LogP contribution in [0.2, 0.25) is 0 Å². The molecule has 1 amide bonds. The van der Waals surface area contributed by atoms with Crippen molar-refractivity contribution in [1.29, 1.82) is 0 Å². The predicted molar refractivity (Wildman–Crippen MR) is 127 cm³/mol. The van der Waals surface area contributed by atoms with E-state index in [-0.39, 0.29) is 17.6 Å². The number of ether oxygens (including phenoxy) is 1. The number of aromatic amines is 1. The lowest BCUT2D eigenvalue weighted by atomic mass is 9.96. The van der Waals surface area contributed by atoms with Gasteiger partial charge in [-0.2, -0.15) is 0 Å². The van der Waals surface area contributed by atoms with Crippen LogP contribution in [0.5, 0.6) is 11.5 Å². The Balaban J connectivity index is 1.25. The molecule has 0 radical (unpaired) electrons. The number of hydrogen-bond donors (Lipinski definition) is 2. The van der Waals surface area contributed by atoms with Crippen LogP contribution >= 0.6 is 0 Å². The predicted octanol–water partition coefficient (Wildman–Crippen LogP) is 3.99. The molecule has 1 aromatic carbocycles. The van der Waals surface area contributed by atoms with Gasteiger partial charge in [0.15, 0.2) is 11.6 Å². The number of H-pyrrole nitrogens is 1. The summed E-state index contributed by atoms with van der Waals surface area (Å²) in [4.78, 5) is 26.2. The summed E-state index contributed by atoms with van der Waals surface area (Å²) in [5, 5.41) is 4.15. The molecule has 7 nitrogen and oxygen atoms in total. The zero-order valence-corrected chi connectivity index (χ0v) is 18.9. The van der Waals surface area contributed by atoms with Gasteiger partial charge in [0.25, 0.3) is 0 Å². The van der Waals surface area contributed by atoms with E-state index in [1.54, 1.807) is 30.7 Å². The van der Waals surface area contributed by atoms with Gasteiger partial charge in [-0.15, -0.1) is 0 Å². The first-order valence-electron chi connectivity index (χ1n) is 11.4. The highest BCUT2D eigenvalue weighted by molar-refractivity contribution is 5.86. The highest BCUT2D eigenvalue weighted by Gasteiger charge is 2.28. The molecule has 4 heterocycles. The smallest absolute Gasteiger partial charge is 0.228 e. The molecule has 0 saturated carbocycles. The van der Waals surface area contributed by atoms with Crippen LogP contribution in [0.15, 0.2) is 61.2 Å². The number of hydrogen-bond acceptors (Lipinski definition) is 5. The van der Waals surface area contributed by atoms with Crippen LogP contribution in [0.1, 0.15) is 16.7 Å². The molecular formula is C26H26FN5O2. The Bertz CT molecular complexity index is 1310. The van der Waals surface area contributed by atoms with E-state index in [1.807, 2.05) is 36.2 Å². The van der Waals surface area contributed by atoms with Gasteiger partial charge in [-0.1, -0.05) is 6.07 Å². The average molecular weight is 460 g/mol. The zero-order valence-electron chi connectivity index (χ0n) is 18.9. The Morgan fingerprint density at radius 3 is 2.79 bits per heavy atom. The third-order valence-electron chi connectivity index (χ3n) is 6.20. The Morgan fingerprint density at radius 2 is 1.97 bits per heavy atom. The maximum absolute atomic E-state index is 14.9. The number of fused-ring (bicyclic) bond motifs is 1. The van der Waals surface area contributed by atoms with E-state index in [2.05, 4.69) is 20.3 Å². The highest BCUT2D eigenvalue weighted by atomic mass is 19.1. The molecule has 4 aromatic rings. The number of carbonyl (C=O) groups excluding carboxylic acids is 1. The Kier molecular flexibility index (Phi) is 6.22. The van der Waals surface area contributed by atoms with Crippen LogP contribution in [-0.4, -0.2) is 45.5 Å². The van der Waals surface area contributed by atoms with E-state index in [1.165, 1.54) is 6.07 Å². The van der Waals surface area contributed by atoms with E-state index >= 15 is 0 Å². The summed E-state index contributed by atoms with van der Waals surface area (Å²) in [6.07, 6.45) is 8.22. The molecule has 0 spiro atoms. The Morgan fingerprint density at radius 1 is 1.12 bits per heavy atom. The normalized spacial score (nSPS) is 16.2. The minimum absolute atomic E-state index is 0.0932. The van der Waals surface area contributed by atoms with Gasteiger partial charge in [0.2, 0.25) is 5.91 Å². The molecule has 2 N–H and O–H groups in total. The van der Waals surface area contributed by atoms with Crippen LogP contribution < -0.4 is 10.1 Å². The number of nitrogens with one attached hydrogen (secondary N) is 2. The standard InChI is InChI=1S/C26H26FN5O2/c1-17-14-31-25-24(17)23(6-10-30-25)34-22-3-2-19(13-21(22)27)12-20-15-29-16-32(26(20)33)11-7-18-4-8-28-9-5-18/h2-6,8-10,13-14,20,29H,7,11-12,15-16H2,1H3,(H,30,31). The van der Waals surface area contributed by atoms with Gasteiger partial charge < -0.3 is 14.6 Å². The van der Waals surface area contributed by atoms with Crippen molar-refractivity contribution in [2.24, 2.45) is 5.92 Å². The molecule has 1 saturated heterocycles. The Labute approximate surface area is 197 Å². The van der Waals surface area contributed by atoms with Gasteiger partial charge in [-0.25, -0.2) is 9.37 Å². The SMILES string of the molecule is Cc1c[nH]c2nccc(Oc3ccc(CC4CNCN(CCc5ccncc5)C4=O)cc3F)c12. The monoisotopic (exact) mass is 459 g/mol. The molecule has 1 aliphatic heterocycles.